The molecule has 0 saturated heterocycles. The van der Waals surface area contributed by atoms with Gasteiger partial charge in [0, 0.05) is 18.6 Å². The summed E-state index contributed by atoms with van der Waals surface area (Å²) in [6, 6.07) is 3.56. The molecule has 0 aromatic carbocycles. The molecule has 0 bridgehead atoms. The van der Waals surface area contributed by atoms with E-state index < -0.39 is 5.97 Å². The number of methoxy groups -OCH3 is 1. The van der Waals surface area contributed by atoms with Crippen LogP contribution in [0.15, 0.2) is 36.9 Å². The van der Waals surface area contributed by atoms with Gasteiger partial charge in [-0.15, -0.1) is 0 Å². The van der Waals surface area contributed by atoms with Crippen molar-refractivity contribution in [2.45, 2.75) is 13.0 Å². The molecule has 2 rings (SSSR count). The van der Waals surface area contributed by atoms with E-state index >= 15 is 0 Å². The van der Waals surface area contributed by atoms with Crippen molar-refractivity contribution in [3.63, 3.8) is 0 Å². The van der Waals surface area contributed by atoms with E-state index in [2.05, 4.69) is 20.1 Å². The van der Waals surface area contributed by atoms with Gasteiger partial charge in [-0.2, -0.15) is 5.10 Å². The number of amides is 1. The predicted octanol–water partition coefficient (Wildman–Crippen LogP) is 0.632. The second kappa shape index (κ2) is 6.46. The van der Waals surface area contributed by atoms with E-state index in [0.29, 0.717) is 5.69 Å². The van der Waals surface area contributed by atoms with Gasteiger partial charge in [-0.1, -0.05) is 0 Å². The molecule has 1 amide bonds. The van der Waals surface area contributed by atoms with Crippen molar-refractivity contribution in [1.29, 1.82) is 0 Å². The maximum atomic E-state index is 11.8. The SMILES string of the molecule is COC(=O)Cn1cc(NC(=O)Cc2ccncc2)cn1. The second-order valence-corrected chi connectivity index (χ2v) is 4.08. The fourth-order valence-electron chi connectivity index (χ4n) is 1.60. The van der Waals surface area contributed by atoms with Crippen molar-refractivity contribution in [1.82, 2.24) is 14.8 Å². The highest BCUT2D eigenvalue weighted by molar-refractivity contribution is 5.91. The molecule has 0 spiro atoms. The summed E-state index contributed by atoms with van der Waals surface area (Å²) in [6.07, 6.45) is 6.58. The average Bonchev–Trinajstić information content (AvgIpc) is 2.86. The summed E-state index contributed by atoms with van der Waals surface area (Å²) in [5.74, 6) is -0.559. The maximum absolute atomic E-state index is 11.8. The van der Waals surface area contributed by atoms with E-state index in [1.54, 1.807) is 30.7 Å². The van der Waals surface area contributed by atoms with Gasteiger partial charge in [-0.25, -0.2) is 0 Å². The van der Waals surface area contributed by atoms with Gasteiger partial charge in [0.1, 0.15) is 6.54 Å². The minimum absolute atomic E-state index is 0.0106. The summed E-state index contributed by atoms with van der Waals surface area (Å²) in [5.41, 5.74) is 1.41. The Bertz CT molecular complexity index is 595. The van der Waals surface area contributed by atoms with Crippen molar-refractivity contribution in [2.75, 3.05) is 12.4 Å². The lowest BCUT2D eigenvalue weighted by Gasteiger charge is -2.02. The monoisotopic (exact) mass is 274 g/mol. The predicted molar refractivity (Wildman–Crippen MR) is 70.8 cm³/mol. The summed E-state index contributed by atoms with van der Waals surface area (Å²) in [5, 5.41) is 6.66. The molecule has 0 radical (unpaired) electrons. The first-order valence-electron chi connectivity index (χ1n) is 5.95. The lowest BCUT2D eigenvalue weighted by molar-refractivity contribution is -0.141. The molecule has 7 nitrogen and oxygen atoms in total. The van der Waals surface area contributed by atoms with Crippen LogP contribution >= 0.6 is 0 Å². The standard InChI is InChI=1S/C13H14N4O3/c1-20-13(19)9-17-8-11(7-15-17)16-12(18)6-10-2-4-14-5-3-10/h2-5,7-8H,6,9H2,1H3,(H,16,18). The van der Waals surface area contributed by atoms with E-state index in [1.807, 2.05) is 0 Å². The molecular weight excluding hydrogens is 260 g/mol. The molecule has 104 valence electrons. The minimum atomic E-state index is -0.400. The van der Waals surface area contributed by atoms with Crippen LogP contribution < -0.4 is 5.32 Å². The third kappa shape index (κ3) is 3.91. The normalized spacial score (nSPS) is 10.1. The van der Waals surface area contributed by atoms with E-state index in [0.717, 1.165) is 5.56 Å². The van der Waals surface area contributed by atoms with Crippen LogP contribution in [0.3, 0.4) is 0 Å². The van der Waals surface area contributed by atoms with Crippen molar-refractivity contribution in [3.8, 4) is 0 Å². The molecule has 2 aromatic rings. The first-order valence-corrected chi connectivity index (χ1v) is 5.95. The lowest BCUT2D eigenvalue weighted by atomic mass is 10.2. The lowest BCUT2D eigenvalue weighted by Crippen LogP contribution is -2.14. The van der Waals surface area contributed by atoms with Crippen LogP contribution in [-0.2, 0) is 27.3 Å². The quantitative estimate of drug-likeness (QED) is 0.808. The zero-order valence-electron chi connectivity index (χ0n) is 10.9. The van der Waals surface area contributed by atoms with Gasteiger partial charge in [0.05, 0.1) is 25.4 Å². The second-order valence-electron chi connectivity index (χ2n) is 4.08. The molecule has 0 atom stereocenters. The summed E-state index contributed by atoms with van der Waals surface area (Å²) in [4.78, 5) is 26.8. The van der Waals surface area contributed by atoms with Crippen molar-refractivity contribution in [2.24, 2.45) is 0 Å². The van der Waals surface area contributed by atoms with Gasteiger partial charge in [0.15, 0.2) is 0 Å². The summed E-state index contributed by atoms with van der Waals surface area (Å²) in [6.45, 7) is 0.0106. The Hall–Kier alpha value is -2.70. The van der Waals surface area contributed by atoms with Crippen molar-refractivity contribution >= 4 is 17.6 Å². The van der Waals surface area contributed by atoms with Crippen molar-refractivity contribution < 1.29 is 14.3 Å². The largest absolute Gasteiger partial charge is 0.468 e. The van der Waals surface area contributed by atoms with Gasteiger partial charge in [-0.3, -0.25) is 19.3 Å². The Balaban J connectivity index is 1.90. The molecule has 1 N–H and O–H groups in total. The van der Waals surface area contributed by atoms with Crippen LogP contribution in [0.2, 0.25) is 0 Å². The topological polar surface area (TPSA) is 86.1 Å². The Labute approximate surface area is 115 Å². The number of pyridine rings is 1. The number of hydrogen-bond donors (Lipinski definition) is 1. The first kappa shape index (κ1) is 13.7. The molecule has 0 aliphatic rings. The average molecular weight is 274 g/mol. The highest BCUT2D eigenvalue weighted by Crippen LogP contribution is 2.06. The number of carbonyl (C=O) groups is 2. The smallest absolute Gasteiger partial charge is 0.327 e. The fourth-order valence-corrected chi connectivity index (χ4v) is 1.60. The zero-order valence-corrected chi connectivity index (χ0v) is 10.9. The van der Waals surface area contributed by atoms with Crippen LogP contribution in [0, 0.1) is 0 Å². The molecule has 2 heterocycles. The molecule has 0 fully saturated rings. The van der Waals surface area contributed by atoms with Crippen LogP contribution in [0.25, 0.3) is 0 Å². The van der Waals surface area contributed by atoms with Crippen molar-refractivity contribution in [3.05, 3.63) is 42.5 Å². The van der Waals surface area contributed by atoms with Crippen LogP contribution in [0.1, 0.15) is 5.56 Å². The van der Waals surface area contributed by atoms with Crippen LogP contribution in [-0.4, -0.2) is 33.8 Å². The number of carbonyl (C=O) groups excluding carboxylic acids is 2. The van der Waals surface area contributed by atoms with E-state index in [4.69, 9.17) is 0 Å². The number of nitrogens with zero attached hydrogens (tertiary/aromatic N) is 3. The fraction of sp³-hybridized carbons (Fsp3) is 0.231. The number of nitrogens with one attached hydrogen (secondary N) is 1. The molecule has 7 heteroatoms. The van der Waals surface area contributed by atoms with Gasteiger partial charge in [0.25, 0.3) is 0 Å². The third-order valence-electron chi connectivity index (χ3n) is 2.55. The third-order valence-corrected chi connectivity index (χ3v) is 2.55. The molecular formula is C13H14N4O3. The first-order chi connectivity index (χ1) is 9.67. The number of hydrogen-bond acceptors (Lipinski definition) is 5. The number of aromatic nitrogens is 3. The van der Waals surface area contributed by atoms with Crippen LogP contribution in [0.5, 0.6) is 0 Å². The number of ether oxygens (including phenoxy) is 1. The van der Waals surface area contributed by atoms with E-state index in [-0.39, 0.29) is 18.9 Å². The van der Waals surface area contributed by atoms with E-state index in [9.17, 15) is 9.59 Å². The highest BCUT2D eigenvalue weighted by atomic mass is 16.5. The highest BCUT2D eigenvalue weighted by Gasteiger charge is 2.07. The molecule has 0 aliphatic heterocycles. The Morgan fingerprint density at radius 2 is 2.10 bits per heavy atom. The number of esters is 1. The molecule has 0 aliphatic carbocycles. The summed E-state index contributed by atoms with van der Waals surface area (Å²) >= 11 is 0. The Morgan fingerprint density at radius 1 is 1.35 bits per heavy atom. The van der Waals surface area contributed by atoms with Gasteiger partial charge < -0.3 is 10.1 Å². The Morgan fingerprint density at radius 3 is 2.80 bits per heavy atom. The molecule has 20 heavy (non-hydrogen) atoms. The molecule has 0 saturated carbocycles. The summed E-state index contributed by atoms with van der Waals surface area (Å²) in [7, 11) is 1.31. The zero-order chi connectivity index (χ0) is 14.4. The molecule has 0 unspecified atom stereocenters. The maximum Gasteiger partial charge on any atom is 0.327 e. The van der Waals surface area contributed by atoms with E-state index in [1.165, 1.54) is 18.0 Å². The number of rotatable bonds is 5. The molecule has 2 aromatic heterocycles. The van der Waals surface area contributed by atoms with Gasteiger partial charge in [-0.05, 0) is 17.7 Å². The summed E-state index contributed by atoms with van der Waals surface area (Å²) < 4.78 is 5.93. The van der Waals surface area contributed by atoms with Gasteiger partial charge in [0.2, 0.25) is 5.91 Å². The van der Waals surface area contributed by atoms with Crippen LogP contribution in [0.4, 0.5) is 5.69 Å². The van der Waals surface area contributed by atoms with Gasteiger partial charge >= 0.3 is 5.97 Å². The number of anilines is 1. The Kier molecular flexibility index (Phi) is 4.43. The minimum Gasteiger partial charge on any atom is -0.468 e.